The molecule has 0 atom stereocenters. The lowest BCUT2D eigenvalue weighted by atomic mass is 10.0. The molecule has 0 saturated heterocycles. The predicted molar refractivity (Wildman–Crippen MR) is 75.8 cm³/mol. The zero-order valence-corrected chi connectivity index (χ0v) is 10.3. The average molecular weight is 256 g/mol. The van der Waals surface area contributed by atoms with Crippen LogP contribution in [0.1, 0.15) is 5.56 Å². The van der Waals surface area contributed by atoms with E-state index in [9.17, 15) is 0 Å². The Morgan fingerprint density at radius 3 is 2.50 bits per heavy atom. The van der Waals surface area contributed by atoms with Crippen molar-refractivity contribution in [1.82, 2.24) is 0 Å². The Morgan fingerprint density at radius 2 is 1.83 bits per heavy atom. The van der Waals surface area contributed by atoms with Crippen molar-refractivity contribution in [3.05, 3.63) is 70.1 Å². The number of nitrogens with zero attached hydrogens (tertiary/aromatic N) is 3. The third kappa shape index (κ3) is 2.23. The Balaban J connectivity index is 2.75. The Kier molecular flexibility index (Phi) is 3.68. The lowest BCUT2D eigenvalue weighted by molar-refractivity contribution is 1.45. The van der Waals surface area contributed by atoms with E-state index in [0.29, 0.717) is 10.7 Å². The Morgan fingerprint density at radius 1 is 1.11 bits per heavy atom. The Hall–Kier alpha value is -2.22. The first-order valence-electron chi connectivity index (χ1n) is 5.33. The van der Waals surface area contributed by atoms with Crippen molar-refractivity contribution in [1.29, 1.82) is 0 Å². The van der Waals surface area contributed by atoms with E-state index in [-0.39, 0.29) is 0 Å². The predicted octanol–water partition coefficient (Wildman–Crippen LogP) is 5.59. The second-order valence-corrected chi connectivity index (χ2v) is 4.02. The van der Waals surface area contributed by atoms with Crippen LogP contribution in [0.2, 0.25) is 5.02 Å². The number of hydrogen-bond acceptors (Lipinski definition) is 1. The minimum Gasteiger partial charge on any atom is -0.0985 e. The second-order valence-electron chi connectivity index (χ2n) is 3.62. The summed E-state index contributed by atoms with van der Waals surface area (Å²) >= 11 is 6.17. The molecule has 0 amide bonds. The van der Waals surface area contributed by atoms with E-state index in [1.165, 1.54) is 0 Å². The quantitative estimate of drug-likeness (QED) is 0.390. The van der Waals surface area contributed by atoms with Gasteiger partial charge in [-0.2, -0.15) is 0 Å². The van der Waals surface area contributed by atoms with E-state index in [1.54, 1.807) is 12.1 Å². The van der Waals surface area contributed by atoms with Gasteiger partial charge in [0, 0.05) is 15.5 Å². The highest BCUT2D eigenvalue weighted by atomic mass is 35.5. The highest BCUT2D eigenvalue weighted by Gasteiger charge is 2.09. The minimum atomic E-state index is 0.545. The van der Waals surface area contributed by atoms with Crippen LogP contribution in [0.4, 0.5) is 5.69 Å². The molecule has 0 aliphatic heterocycles. The molecule has 0 spiro atoms. The van der Waals surface area contributed by atoms with Crippen LogP contribution in [-0.4, -0.2) is 0 Å². The normalized spacial score (nSPS) is 9.61. The molecule has 0 aliphatic carbocycles. The van der Waals surface area contributed by atoms with Crippen molar-refractivity contribution in [2.24, 2.45) is 5.11 Å². The number of halogens is 1. The molecule has 2 aromatic rings. The molecule has 4 heteroatoms. The van der Waals surface area contributed by atoms with Crippen LogP contribution >= 0.6 is 11.6 Å². The van der Waals surface area contributed by atoms with Crippen molar-refractivity contribution in [3.63, 3.8) is 0 Å². The van der Waals surface area contributed by atoms with Gasteiger partial charge in [0.1, 0.15) is 0 Å². The molecule has 0 radical (unpaired) electrons. The van der Waals surface area contributed by atoms with Crippen LogP contribution in [0.5, 0.6) is 0 Å². The van der Waals surface area contributed by atoms with Gasteiger partial charge < -0.3 is 0 Å². The summed E-state index contributed by atoms with van der Waals surface area (Å²) in [6, 6.07) is 13.0. The van der Waals surface area contributed by atoms with E-state index >= 15 is 0 Å². The Labute approximate surface area is 110 Å². The van der Waals surface area contributed by atoms with Gasteiger partial charge in [0.2, 0.25) is 0 Å². The number of hydrogen-bond donors (Lipinski definition) is 0. The van der Waals surface area contributed by atoms with Gasteiger partial charge in [0.25, 0.3) is 0 Å². The van der Waals surface area contributed by atoms with Crippen LogP contribution in [0.3, 0.4) is 0 Å². The molecule has 2 rings (SSSR count). The molecule has 0 aromatic heterocycles. The van der Waals surface area contributed by atoms with Crippen molar-refractivity contribution in [3.8, 4) is 11.1 Å². The molecule has 2 aromatic carbocycles. The first kappa shape index (κ1) is 12.2. The lowest BCUT2D eigenvalue weighted by Gasteiger charge is -2.09. The summed E-state index contributed by atoms with van der Waals surface area (Å²) in [6.07, 6.45) is 1.66. The molecule has 0 saturated carbocycles. The van der Waals surface area contributed by atoms with E-state index in [4.69, 9.17) is 17.1 Å². The largest absolute Gasteiger partial charge is 0.0985 e. The first-order chi connectivity index (χ1) is 8.77. The van der Waals surface area contributed by atoms with E-state index < -0.39 is 0 Å². The molecule has 0 aliphatic rings. The zero-order valence-electron chi connectivity index (χ0n) is 9.55. The van der Waals surface area contributed by atoms with Gasteiger partial charge in [-0.25, -0.2) is 0 Å². The first-order valence-corrected chi connectivity index (χ1v) is 5.71. The summed E-state index contributed by atoms with van der Waals surface area (Å²) in [5, 5.41) is 4.36. The maximum Gasteiger partial charge on any atom is 0.0526 e. The zero-order chi connectivity index (χ0) is 13.0. The smallest absolute Gasteiger partial charge is 0.0526 e. The highest BCUT2D eigenvalue weighted by Crippen LogP contribution is 2.37. The molecule has 0 unspecified atom stereocenters. The fraction of sp³-hybridized carbons (Fsp3) is 0. The SMILES string of the molecule is C=Cc1cccc(-c2ccccc2Cl)c1N=[N+]=[N-]. The Bertz CT molecular complexity index is 643. The van der Waals surface area contributed by atoms with Crippen LogP contribution in [-0.2, 0) is 0 Å². The maximum atomic E-state index is 8.67. The van der Waals surface area contributed by atoms with Crippen LogP contribution in [0.25, 0.3) is 27.6 Å². The number of benzene rings is 2. The summed E-state index contributed by atoms with van der Waals surface area (Å²) in [7, 11) is 0. The molecule has 0 fully saturated rings. The van der Waals surface area contributed by atoms with Gasteiger partial charge in [-0.05, 0) is 22.7 Å². The molecule has 18 heavy (non-hydrogen) atoms. The van der Waals surface area contributed by atoms with E-state index in [2.05, 4.69) is 16.6 Å². The summed E-state index contributed by atoms with van der Waals surface area (Å²) in [5.74, 6) is 0. The molecule has 88 valence electrons. The van der Waals surface area contributed by atoms with Gasteiger partial charge in [0.15, 0.2) is 0 Å². The third-order valence-electron chi connectivity index (χ3n) is 2.60. The second kappa shape index (κ2) is 5.41. The van der Waals surface area contributed by atoms with E-state index in [1.807, 2.05) is 36.4 Å². The van der Waals surface area contributed by atoms with Crippen molar-refractivity contribution >= 4 is 23.4 Å². The molecular formula is C14H10ClN3. The molecule has 0 heterocycles. The average Bonchev–Trinajstić information content (AvgIpc) is 2.40. The molecule has 0 bridgehead atoms. The van der Waals surface area contributed by atoms with Gasteiger partial charge in [-0.15, -0.1) is 0 Å². The monoisotopic (exact) mass is 255 g/mol. The summed E-state index contributed by atoms with van der Waals surface area (Å²) in [5.41, 5.74) is 11.6. The van der Waals surface area contributed by atoms with Crippen LogP contribution in [0.15, 0.2) is 54.2 Å². The fourth-order valence-corrected chi connectivity index (χ4v) is 2.02. The topological polar surface area (TPSA) is 48.8 Å². The van der Waals surface area contributed by atoms with Crippen molar-refractivity contribution < 1.29 is 0 Å². The van der Waals surface area contributed by atoms with Gasteiger partial charge in [0.05, 0.1) is 5.69 Å². The van der Waals surface area contributed by atoms with Gasteiger partial charge >= 0.3 is 0 Å². The molecule has 3 nitrogen and oxygen atoms in total. The van der Waals surface area contributed by atoms with Crippen molar-refractivity contribution in [2.75, 3.05) is 0 Å². The maximum absolute atomic E-state index is 8.67. The van der Waals surface area contributed by atoms with Gasteiger partial charge in [-0.1, -0.05) is 65.8 Å². The van der Waals surface area contributed by atoms with E-state index in [0.717, 1.165) is 16.7 Å². The minimum absolute atomic E-state index is 0.545. The van der Waals surface area contributed by atoms with Crippen molar-refractivity contribution in [2.45, 2.75) is 0 Å². The number of rotatable bonds is 3. The summed E-state index contributed by atoms with van der Waals surface area (Å²) < 4.78 is 0. The van der Waals surface area contributed by atoms with Crippen LogP contribution in [0, 0.1) is 0 Å². The van der Waals surface area contributed by atoms with Crippen LogP contribution < -0.4 is 0 Å². The molecular weight excluding hydrogens is 246 g/mol. The molecule has 0 N–H and O–H groups in total. The summed E-state index contributed by atoms with van der Waals surface area (Å²) in [6.45, 7) is 3.71. The lowest BCUT2D eigenvalue weighted by Crippen LogP contribution is -1.83. The van der Waals surface area contributed by atoms with Gasteiger partial charge in [-0.3, -0.25) is 0 Å². The summed E-state index contributed by atoms with van der Waals surface area (Å²) in [4.78, 5) is 2.86. The number of azide groups is 1. The third-order valence-corrected chi connectivity index (χ3v) is 2.93. The highest BCUT2D eigenvalue weighted by molar-refractivity contribution is 6.33. The standard InChI is InChI=1S/C14H10ClN3/c1-2-10-6-5-8-12(14(10)17-18-16)11-7-3-4-9-13(11)15/h2-9H,1H2. The fourth-order valence-electron chi connectivity index (χ4n) is 1.78.